The lowest BCUT2D eigenvalue weighted by Crippen LogP contribution is -2.25. The molecule has 0 aromatic heterocycles. The van der Waals surface area contributed by atoms with Crippen molar-refractivity contribution in [2.75, 3.05) is 18.5 Å². The minimum Gasteiger partial charge on any atom is -0.480 e. The number of nitrogens with one attached hydrogen (secondary N) is 2. The number of unbranched alkanes of at least 4 members (excludes halogenated alkanes) is 1. The van der Waals surface area contributed by atoms with E-state index in [4.69, 9.17) is 11.2 Å². The van der Waals surface area contributed by atoms with Crippen molar-refractivity contribution < 1.29 is 14.3 Å². The Morgan fingerprint density at radius 1 is 1.38 bits per heavy atom. The summed E-state index contributed by atoms with van der Waals surface area (Å²) in [6.45, 7) is 4.12. The van der Waals surface area contributed by atoms with Crippen LogP contribution in [-0.4, -0.2) is 25.0 Å². The van der Waals surface area contributed by atoms with Crippen molar-refractivity contribution in [3.8, 4) is 18.1 Å². The summed E-state index contributed by atoms with van der Waals surface area (Å²) in [6, 6.07) is 4.86. The molecule has 0 saturated heterocycles. The van der Waals surface area contributed by atoms with E-state index in [-0.39, 0.29) is 18.4 Å². The zero-order valence-corrected chi connectivity index (χ0v) is 12.4. The van der Waals surface area contributed by atoms with Gasteiger partial charge in [-0.25, -0.2) is 0 Å². The number of hydrogen-bond donors (Lipinski definition) is 2. The monoisotopic (exact) mass is 288 g/mol. The average molecular weight is 288 g/mol. The van der Waals surface area contributed by atoms with Crippen molar-refractivity contribution in [1.29, 1.82) is 0 Å². The Labute approximate surface area is 125 Å². The van der Waals surface area contributed by atoms with Gasteiger partial charge in [0.15, 0.2) is 0 Å². The van der Waals surface area contributed by atoms with Crippen molar-refractivity contribution in [2.24, 2.45) is 0 Å². The zero-order chi connectivity index (χ0) is 15.7. The van der Waals surface area contributed by atoms with Crippen LogP contribution in [0.2, 0.25) is 0 Å². The lowest BCUT2D eigenvalue weighted by Gasteiger charge is -2.12. The molecule has 0 aliphatic heterocycles. The van der Waals surface area contributed by atoms with Gasteiger partial charge in [0.05, 0.1) is 5.56 Å². The second-order valence-corrected chi connectivity index (χ2v) is 4.49. The predicted molar refractivity (Wildman–Crippen MR) is 82.3 cm³/mol. The van der Waals surface area contributed by atoms with Gasteiger partial charge < -0.3 is 15.4 Å². The van der Waals surface area contributed by atoms with Crippen LogP contribution in [0.25, 0.3) is 0 Å². The Morgan fingerprint density at radius 2 is 2.14 bits per heavy atom. The molecule has 0 atom stereocenters. The molecule has 1 aromatic rings. The minimum atomic E-state index is -0.248. The van der Waals surface area contributed by atoms with Crippen molar-refractivity contribution in [3.63, 3.8) is 0 Å². The van der Waals surface area contributed by atoms with E-state index in [1.165, 1.54) is 6.92 Å². The number of amides is 2. The molecule has 2 N–H and O–H groups in total. The number of hydrogen-bond acceptors (Lipinski definition) is 3. The molecule has 0 radical (unpaired) electrons. The van der Waals surface area contributed by atoms with Crippen molar-refractivity contribution in [3.05, 3.63) is 23.8 Å². The van der Waals surface area contributed by atoms with Crippen LogP contribution >= 0.6 is 0 Å². The maximum Gasteiger partial charge on any atom is 0.255 e. The summed E-state index contributed by atoms with van der Waals surface area (Å²) in [7, 11) is 0. The van der Waals surface area contributed by atoms with Crippen LogP contribution in [-0.2, 0) is 4.79 Å². The first kappa shape index (κ1) is 16.6. The molecule has 112 valence electrons. The first-order valence-electron chi connectivity index (χ1n) is 6.84. The number of benzene rings is 1. The number of ether oxygens (including phenoxy) is 1. The lowest BCUT2D eigenvalue weighted by molar-refractivity contribution is -0.114. The van der Waals surface area contributed by atoms with Crippen molar-refractivity contribution in [1.82, 2.24) is 5.32 Å². The van der Waals surface area contributed by atoms with Gasteiger partial charge in [-0.2, -0.15) is 0 Å². The van der Waals surface area contributed by atoms with E-state index >= 15 is 0 Å². The van der Waals surface area contributed by atoms with Gasteiger partial charge in [0.1, 0.15) is 12.4 Å². The lowest BCUT2D eigenvalue weighted by atomic mass is 10.1. The normalized spacial score (nSPS) is 9.57. The summed E-state index contributed by atoms with van der Waals surface area (Å²) < 4.78 is 5.36. The SMILES string of the molecule is C#CCOc1ccc(NC(C)=O)cc1C(=O)NCCCC. The highest BCUT2D eigenvalue weighted by Gasteiger charge is 2.13. The van der Waals surface area contributed by atoms with Crippen LogP contribution in [0, 0.1) is 12.3 Å². The predicted octanol–water partition coefficient (Wildman–Crippen LogP) is 2.19. The molecule has 0 heterocycles. The summed E-state index contributed by atoms with van der Waals surface area (Å²) in [6.07, 6.45) is 7.06. The summed E-state index contributed by atoms with van der Waals surface area (Å²) in [5.41, 5.74) is 0.892. The molecule has 2 amide bonds. The van der Waals surface area contributed by atoms with Gasteiger partial charge in [-0.05, 0) is 24.6 Å². The van der Waals surface area contributed by atoms with Gasteiger partial charge in [0.2, 0.25) is 5.91 Å². The van der Waals surface area contributed by atoms with Crippen LogP contribution < -0.4 is 15.4 Å². The van der Waals surface area contributed by atoms with Crippen molar-refractivity contribution in [2.45, 2.75) is 26.7 Å². The average Bonchev–Trinajstić information content (AvgIpc) is 2.45. The van der Waals surface area contributed by atoms with Gasteiger partial charge in [-0.1, -0.05) is 19.3 Å². The van der Waals surface area contributed by atoms with Crippen LogP contribution in [0.15, 0.2) is 18.2 Å². The third-order valence-electron chi connectivity index (χ3n) is 2.67. The Bertz CT molecular complexity index is 547. The largest absolute Gasteiger partial charge is 0.480 e. The summed E-state index contributed by atoms with van der Waals surface area (Å²) >= 11 is 0. The van der Waals surface area contributed by atoms with E-state index in [0.29, 0.717) is 23.5 Å². The van der Waals surface area contributed by atoms with Crippen molar-refractivity contribution >= 4 is 17.5 Å². The number of anilines is 1. The fourth-order valence-corrected chi connectivity index (χ4v) is 1.71. The third kappa shape index (κ3) is 5.57. The molecule has 0 aliphatic carbocycles. The summed E-state index contributed by atoms with van der Waals surface area (Å²) in [5, 5.41) is 5.45. The highest BCUT2D eigenvalue weighted by molar-refractivity contribution is 5.99. The van der Waals surface area contributed by atoms with Crippen LogP contribution in [0.5, 0.6) is 5.75 Å². The van der Waals surface area contributed by atoms with E-state index in [9.17, 15) is 9.59 Å². The maximum atomic E-state index is 12.2. The fourth-order valence-electron chi connectivity index (χ4n) is 1.71. The Morgan fingerprint density at radius 3 is 2.76 bits per heavy atom. The van der Waals surface area contributed by atoms with E-state index in [1.54, 1.807) is 18.2 Å². The van der Waals surface area contributed by atoms with Gasteiger partial charge >= 0.3 is 0 Å². The second-order valence-electron chi connectivity index (χ2n) is 4.49. The van der Waals surface area contributed by atoms with Gasteiger partial charge in [-0.15, -0.1) is 6.42 Å². The number of rotatable bonds is 7. The molecule has 21 heavy (non-hydrogen) atoms. The maximum absolute atomic E-state index is 12.2. The van der Waals surface area contributed by atoms with Gasteiger partial charge in [0, 0.05) is 19.2 Å². The fraction of sp³-hybridized carbons (Fsp3) is 0.375. The molecule has 0 saturated carbocycles. The number of carbonyl (C=O) groups is 2. The topological polar surface area (TPSA) is 67.4 Å². The summed E-state index contributed by atoms with van der Waals surface area (Å²) in [4.78, 5) is 23.3. The van der Waals surface area contributed by atoms with E-state index in [0.717, 1.165) is 12.8 Å². The molecular weight excluding hydrogens is 268 g/mol. The molecule has 1 aromatic carbocycles. The smallest absolute Gasteiger partial charge is 0.255 e. The van der Waals surface area contributed by atoms with Crippen LogP contribution in [0.3, 0.4) is 0 Å². The quantitative estimate of drug-likeness (QED) is 0.597. The van der Waals surface area contributed by atoms with Crippen LogP contribution in [0.4, 0.5) is 5.69 Å². The molecule has 5 nitrogen and oxygen atoms in total. The highest BCUT2D eigenvalue weighted by atomic mass is 16.5. The molecule has 5 heteroatoms. The summed E-state index contributed by atoms with van der Waals surface area (Å²) in [5.74, 6) is 2.31. The van der Waals surface area contributed by atoms with E-state index in [1.807, 2.05) is 6.92 Å². The molecule has 0 unspecified atom stereocenters. The molecule has 0 bridgehead atoms. The first-order chi connectivity index (χ1) is 10.1. The molecule has 1 rings (SSSR count). The Hall–Kier alpha value is -2.48. The van der Waals surface area contributed by atoms with Gasteiger partial charge in [0.25, 0.3) is 5.91 Å². The minimum absolute atomic E-state index is 0.0781. The third-order valence-corrected chi connectivity index (χ3v) is 2.67. The Balaban J connectivity index is 2.95. The molecular formula is C16H20N2O3. The van der Waals surface area contributed by atoms with E-state index in [2.05, 4.69) is 16.6 Å². The molecule has 0 aliphatic rings. The van der Waals surface area contributed by atoms with Crippen LogP contribution in [0.1, 0.15) is 37.0 Å². The second kappa shape index (κ2) is 8.64. The standard InChI is InChI=1S/C16H20N2O3/c1-4-6-9-17-16(20)14-11-13(18-12(3)19)7-8-15(14)21-10-5-2/h2,7-8,11H,4,6,9-10H2,1,3H3,(H,17,20)(H,18,19). The molecule has 0 fully saturated rings. The number of terminal acetylenes is 1. The highest BCUT2D eigenvalue weighted by Crippen LogP contribution is 2.23. The zero-order valence-electron chi connectivity index (χ0n) is 12.4. The van der Waals surface area contributed by atoms with E-state index < -0.39 is 0 Å². The number of carbonyl (C=O) groups excluding carboxylic acids is 2. The Kier molecular flexibility index (Phi) is 6.82. The first-order valence-corrected chi connectivity index (χ1v) is 6.84. The molecule has 0 spiro atoms. The van der Waals surface area contributed by atoms with Gasteiger partial charge in [-0.3, -0.25) is 9.59 Å².